The molecule has 4 heteroatoms. The van der Waals surface area contributed by atoms with Crippen LogP contribution in [0.15, 0.2) is 47.7 Å². The molecule has 0 saturated carbocycles. The summed E-state index contributed by atoms with van der Waals surface area (Å²) in [5.41, 5.74) is 5.75. The largest absolute Gasteiger partial charge is 0.360 e. The average molecular weight is 283 g/mol. The Labute approximate surface area is 125 Å². The third-order valence-corrected chi connectivity index (χ3v) is 3.20. The van der Waals surface area contributed by atoms with Crippen LogP contribution in [0.25, 0.3) is 0 Å². The maximum atomic E-state index is 11.8. The van der Waals surface area contributed by atoms with E-state index in [9.17, 15) is 4.79 Å². The lowest BCUT2D eigenvalue weighted by Gasteiger charge is -2.19. The molecule has 0 unspecified atom stereocenters. The molecule has 0 saturated heterocycles. The van der Waals surface area contributed by atoms with Gasteiger partial charge in [-0.05, 0) is 28.7 Å². The number of nitrogens with one attached hydrogen (secondary N) is 2. The Morgan fingerprint density at radius 3 is 2.52 bits per heavy atom. The fraction of sp³-hybridized carbons (Fsp3) is 0.294. The molecule has 0 aliphatic rings. The van der Waals surface area contributed by atoms with E-state index in [0.717, 1.165) is 11.3 Å². The molecular weight excluding hydrogens is 262 g/mol. The fourth-order valence-electron chi connectivity index (χ4n) is 1.95. The molecule has 0 fully saturated rings. The van der Waals surface area contributed by atoms with E-state index < -0.39 is 0 Å². The predicted octanol–water partition coefficient (Wildman–Crippen LogP) is 3.01. The van der Waals surface area contributed by atoms with E-state index in [1.807, 2.05) is 24.3 Å². The number of H-pyrrole nitrogens is 1. The lowest BCUT2D eigenvalue weighted by molar-refractivity contribution is -0.120. The van der Waals surface area contributed by atoms with Crippen LogP contribution in [0.3, 0.4) is 0 Å². The number of aromatic nitrogens is 1. The van der Waals surface area contributed by atoms with E-state index in [1.54, 1.807) is 12.4 Å². The summed E-state index contributed by atoms with van der Waals surface area (Å²) in [4.78, 5) is 14.8. The molecule has 0 atom stereocenters. The number of aromatic amines is 1. The molecule has 2 N–H and O–H groups in total. The van der Waals surface area contributed by atoms with E-state index >= 15 is 0 Å². The van der Waals surface area contributed by atoms with Crippen molar-refractivity contribution in [1.82, 2.24) is 10.4 Å². The minimum Gasteiger partial charge on any atom is -0.360 e. The van der Waals surface area contributed by atoms with Crippen molar-refractivity contribution in [3.8, 4) is 0 Å². The van der Waals surface area contributed by atoms with Gasteiger partial charge in [0.1, 0.15) is 0 Å². The monoisotopic (exact) mass is 283 g/mol. The smallest absolute Gasteiger partial charge is 0.244 e. The molecule has 2 rings (SSSR count). The summed E-state index contributed by atoms with van der Waals surface area (Å²) in [6.07, 6.45) is 3.72. The third kappa shape index (κ3) is 4.60. The first-order valence-corrected chi connectivity index (χ1v) is 7.00. The van der Waals surface area contributed by atoms with E-state index in [1.165, 1.54) is 5.56 Å². The van der Waals surface area contributed by atoms with Crippen LogP contribution >= 0.6 is 0 Å². The number of amides is 1. The molecule has 0 aliphatic heterocycles. The molecule has 1 heterocycles. The molecule has 1 aromatic carbocycles. The maximum Gasteiger partial charge on any atom is 0.244 e. The molecular formula is C17H21N3O. The Bertz CT molecular complexity index is 604. The highest BCUT2D eigenvalue weighted by Crippen LogP contribution is 2.22. The second kappa shape index (κ2) is 6.39. The SMILES string of the molecule is CC(C)(C)c1ccc(CC(=O)N/N=C\c2ccc[nH]2)cc1. The summed E-state index contributed by atoms with van der Waals surface area (Å²) in [5.74, 6) is -0.124. The number of hydrogen-bond donors (Lipinski definition) is 2. The molecule has 2 aromatic rings. The second-order valence-electron chi connectivity index (χ2n) is 6.04. The molecule has 1 aromatic heterocycles. The van der Waals surface area contributed by atoms with Gasteiger partial charge in [-0.15, -0.1) is 0 Å². The summed E-state index contributed by atoms with van der Waals surface area (Å²) in [6, 6.07) is 11.9. The summed E-state index contributed by atoms with van der Waals surface area (Å²) in [6.45, 7) is 6.51. The molecule has 0 bridgehead atoms. The van der Waals surface area contributed by atoms with Crippen molar-refractivity contribution in [2.45, 2.75) is 32.6 Å². The fourth-order valence-corrected chi connectivity index (χ4v) is 1.95. The van der Waals surface area contributed by atoms with Crippen molar-refractivity contribution in [2.24, 2.45) is 5.10 Å². The molecule has 4 nitrogen and oxygen atoms in total. The van der Waals surface area contributed by atoms with Gasteiger partial charge in [-0.2, -0.15) is 5.10 Å². The maximum absolute atomic E-state index is 11.8. The number of nitrogens with zero attached hydrogens (tertiary/aromatic N) is 1. The van der Waals surface area contributed by atoms with Crippen LogP contribution < -0.4 is 5.43 Å². The van der Waals surface area contributed by atoms with Gasteiger partial charge in [-0.25, -0.2) is 5.43 Å². The second-order valence-corrected chi connectivity index (χ2v) is 6.04. The molecule has 0 spiro atoms. The number of hydrogen-bond acceptors (Lipinski definition) is 2. The molecule has 1 amide bonds. The first-order valence-electron chi connectivity index (χ1n) is 7.00. The number of hydrazone groups is 1. The van der Waals surface area contributed by atoms with Crippen LogP contribution in [-0.2, 0) is 16.6 Å². The molecule has 110 valence electrons. The molecule has 0 aliphatic carbocycles. The minimum absolute atomic E-state index is 0.124. The molecule has 0 radical (unpaired) electrons. The normalized spacial score (nSPS) is 11.8. The van der Waals surface area contributed by atoms with Gasteiger partial charge >= 0.3 is 0 Å². The number of benzene rings is 1. The number of rotatable bonds is 4. The summed E-state index contributed by atoms with van der Waals surface area (Å²) in [5, 5.41) is 3.91. The summed E-state index contributed by atoms with van der Waals surface area (Å²) in [7, 11) is 0. The van der Waals surface area contributed by atoms with Crippen molar-refractivity contribution < 1.29 is 4.79 Å². The Morgan fingerprint density at radius 2 is 1.95 bits per heavy atom. The first kappa shape index (κ1) is 15.0. The van der Waals surface area contributed by atoms with Gasteiger partial charge in [-0.1, -0.05) is 45.0 Å². The van der Waals surface area contributed by atoms with E-state index in [4.69, 9.17) is 0 Å². The lowest BCUT2D eigenvalue weighted by Crippen LogP contribution is -2.20. The Hall–Kier alpha value is -2.36. The van der Waals surface area contributed by atoms with Gasteiger partial charge in [0.05, 0.1) is 18.3 Å². The topological polar surface area (TPSA) is 57.2 Å². The average Bonchev–Trinajstić information content (AvgIpc) is 2.91. The Kier molecular flexibility index (Phi) is 4.58. The standard InChI is InChI=1S/C17H21N3O/c1-17(2,3)14-8-6-13(7-9-14)11-16(21)20-19-12-15-5-4-10-18-15/h4-10,12,18H,11H2,1-3H3,(H,20,21)/b19-12-. The Balaban J connectivity index is 1.88. The van der Waals surface area contributed by atoms with E-state index in [2.05, 4.69) is 48.4 Å². The lowest BCUT2D eigenvalue weighted by atomic mass is 9.86. The highest BCUT2D eigenvalue weighted by molar-refractivity contribution is 5.82. The van der Waals surface area contributed by atoms with Crippen molar-refractivity contribution in [3.05, 3.63) is 59.4 Å². The molecule has 21 heavy (non-hydrogen) atoms. The number of carbonyl (C=O) groups excluding carboxylic acids is 1. The number of carbonyl (C=O) groups is 1. The van der Waals surface area contributed by atoms with Crippen LogP contribution in [-0.4, -0.2) is 17.1 Å². The van der Waals surface area contributed by atoms with Crippen LogP contribution in [0.2, 0.25) is 0 Å². The Morgan fingerprint density at radius 1 is 1.24 bits per heavy atom. The van der Waals surface area contributed by atoms with Gasteiger partial charge in [0.25, 0.3) is 0 Å². The van der Waals surface area contributed by atoms with Crippen molar-refractivity contribution in [1.29, 1.82) is 0 Å². The van der Waals surface area contributed by atoms with Gasteiger partial charge in [0.2, 0.25) is 5.91 Å². The first-order chi connectivity index (χ1) is 9.95. The highest BCUT2D eigenvalue weighted by atomic mass is 16.2. The quantitative estimate of drug-likeness (QED) is 0.657. The van der Waals surface area contributed by atoms with E-state index in [0.29, 0.717) is 6.42 Å². The highest BCUT2D eigenvalue weighted by Gasteiger charge is 2.13. The van der Waals surface area contributed by atoms with Crippen LogP contribution in [0.5, 0.6) is 0 Å². The minimum atomic E-state index is -0.124. The van der Waals surface area contributed by atoms with Crippen molar-refractivity contribution in [2.75, 3.05) is 0 Å². The van der Waals surface area contributed by atoms with Crippen molar-refractivity contribution >= 4 is 12.1 Å². The van der Waals surface area contributed by atoms with Crippen LogP contribution in [0.4, 0.5) is 0 Å². The zero-order valence-corrected chi connectivity index (χ0v) is 12.7. The third-order valence-electron chi connectivity index (χ3n) is 3.20. The zero-order valence-electron chi connectivity index (χ0n) is 12.7. The van der Waals surface area contributed by atoms with Gasteiger partial charge < -0.3 is 4.98 Å². The summed E-state index contributed by atoms with van der Waals surface area (Å²) < 4.78 is 0. The zero-order chi connectivity index (χ0) is 15.3. The van der Waals surface area contributed by atoms with Crippen LogP contribution in [0, 0.1) is 0 Å². The predicted molar refractivity (Wildman–Crippen MR) is 85.4 cm³/mol. The summed E-state index contributed by atoms with van der Waals surface area (Å²) >= 11 is 0. The van der Waals surface area contributed by atoms with Crippen LogP contribution in [0.1, 0.15) is 37.6 Å². The van der Waals surface area contributed by atoms with Gasteiger partial charge in [0, 0.05) is 6.20 Å². The van der Waals surface area contributed by atoms with Gasteiger partial charge in [0.15, 0.2) is 0 Å². The van der Waals surface area contributed by atoms with Crippen molar-refractivity contribution in [3.63, 3.8) is 0 Å². The van der Waals surface area contributed by atoms with E-state index in [-0.39, 0.29) is 11.3 Å². The van der Waals surface area contributed by atoms with Gasteiger partial charge in [-0.3, -0.25) is 4.79 Å².